The lowest BCUT2D eigenvalue weighted by Gasteiger charge is -2.12. The third kappa shape index (κ3) is 4.32. The summed E-state index contributed by atoms with van der Waals surface area (Å²) in [5, 5.41) is 19.1. The van der Waals surface area contributed by atoms with Gasteiger partial charge in [0.15, 0.2) is 5.69 Å². The summed E-state index contributed by atoms with van der Waals surface area (Å²) in [6.07, 6.45) is -1.14. The van der Waals surface area contributed by atoms with Crippen molar-refractivity contribution in [1.29, 1.82) is 0 Å². The third-order valence-corrected chi connectivity index (χ3v) is 4.01. The first-order valence-electron chi connectivity index (χ1n) is 8.36. The Hall–Kier alpha value is -3.73. The number of rotatable bonds is 6. The summed E-state index contributed by atoms with van der Waals surface area (Å²) in [7, 11) is 0. The van der Waals surface area contributed by atoms with Crippen molar-refractivity contribution >= 4 is 11.6 Å². The van der Waals surface area contributed by atoms with Gasteiger partial charge in [-0.2, -0.15) is 0 Å². The SMILES string of the molecule is [C-]#[N+]c1ccc(Oc2ccc(-c3cc([C@H](O)CO)cc(C(N)=O)n3)cc2)cc1. The Labute approximate surface area is 161 Å². The average Bonchev–Trinajstić information content (AvgIpc) is 2.74. The molecule has 3 rings (SSSR count). The van der Waals surface area contributed by atoms with Crippen LogP contribution in [-0.4, -0.2) is 27.7 Å². The van der Waals surface area contributed by atoms with Gasteiger partial charge >= 0.3 is 0 Å². The Morgan fingerprint density at radius 2 is 1.71 bits per heavy atom. The molecule has 0 radical (unpaired) electrons. The molecule has 0 aliphatic carbocycles. The van der Waals surface area contributed by atoms with Crippen LogP contribution < -0.4 is 10.5 Å². The van der Waals surface area contributed by atoms with Crippen molar-refractivity contribution in [2.75, 3.05) is 6.61 Å². The van der Waals surface area contributed by atoms with Gasteiger partial charge in [-0.1, -0.05) is 12.1 Å². The Morgan fingerprint density at radius 3 is 2.25 bits per heavy atom. The molecule has 2 aromatic carbocycles. The fraction of sp³-hybridized carbons (Fsp3) is 0.0952. The van der Waals surface area contributed by atoms with Gasteiger partial charge in [-0.3, -0.25) is 4.79 Å². The van der Waals surface area contributed by atoms with Gasteiger partial charge in [0.25, 0.3) is 5.91 Å². The molecule has 1 atom stereocenters. The molecule has 0 fully saturated rings. The van der Waals surface area contributed by atoms with E-state index in [1.807, 2.05) is 0 Å². The standard InChI is InChI=1S/C21H17N3O4/c1-23-15-4-8-17(9-5-15)28-16-6-2-13(3-7-16)18-10-14(20(26)12-25)11-19(24-18)21(22)27/h2-11,20,25-26H,12H2,(H2,22,27)/t20-/m1/s1. The van der Waals surface area contributed by atoms with Crippen LogP contribution in [0.5, 0.6) is 11.5 Å². The molecule has 3 aromatic rings. The molecular weight excluding hydrogens is 358 g/mol. The lowest BCUT2D eigenvalue weighted by Crippen LogP contribution is -2.15. The maximum atomic E-state index is 11.5. The lowest BCUT2D eigenvalue weighted by molar-refractivity contribution is 0.0948. The summed E-state index contributed by atoms with van der Waals surface area (Å²) < 4.78 is 5.74. The summed E-state index contributed by atoms with van der Waals surface area (Å²) >= 11 is 0. The van der Waals surface area contributed by atoms with E-state index in [9.17, 15) is 9.90 Å². The van der Waals surface area contributed by atoms with E-state index in [-0.39, 0.29) is 5.69 Å². The van der Waals surface area contributed by atoms with Crippen LogP contribution in [0.4, 0.5) is 5.69 Å². The molecule has 28 heavy (non-hydrogen) atoms. The average molecular weight is 375 g/mol. The Balaban J connectivity index is 1.87. The highest BCUT2D eigenvalue weighted by atomic mass is 16.5. The number of nitrogens with two attached hydrogens (primary N) is 1. The Morgan fingerprint density at radius 1 is 1.11 bits per heavy atom. The van der Waals surface area contributed by atoms with E-state index in [4.69, 9.17) is 22.1 Å². The van der Waals surface area contributed by atoms with Crippen LogP contribution in [0.1, 0.15) is 22.2 Å². The zero-order valence-electron chi connectivity index (χ0n) is 14.7. The number of ether oxygens (including phenoxy) is 1. The highest BCUT2D eigenvalue weighted by molar-refractivity contribution is 5.91. The van der Waals surface area contributed by atoms with E-state index in [1.165, 1.54) is 6.07 Å². The fourth-order valence-corrected chi connectivity index (χ4v) is 2.54. The number of pyridine rings is 1. The fourth-order valence-electron chi connectivity index (χ4n) is 2.54. The number of amides is 1. The number of aliphatic hydroxyl groups is 2. The Bertz CT molecular complexity index is 1030. The smallest absolute Gasteiger partial charge is 0.267 e. The molecule has 0 unspecified atom stereocenters. The van der Waals surface area contributed by atoms with E-state index in [1.54, 1.807) is 54.6 Å². The van der Waals surface area contributed by atoms with E-state index in [0.29, 0.717) is 34.0 Å². The topological polar surface area (TPSA) is 110 Å². The molecule has 0 aliphatic heterocycles. The quantitative estimate of drug-likeness (QED) is 0.573. The van der Waals surface area contributed by atoms with Crippen molar-refractivity contribution in [3.05, 3.63) is 83.3 Å². The number of aromatic nitrogens is 1. The summed E-state index contributed by atoms with van der Waals surface area (Å²) in [4.78, 5) is 19.1. The second-order valence-corrected chi connectivity index (χ2v) is 5.97. The van der Waals surface area contributed by atoms with Gasteiger partial charge in [0.2, 0.25) is 0 Å². The van der Waals surface area contributed by atoms with E-state index in [0.717, 1.165) is 0 Å². The predicted molar refractivity (Wildman–Crippen MR) is 103 cm³/mol. The van der Waals surface area contributed by atoms with Gasteiger partial charge in [-0.25, -0.2) is 9.83 Å². The van der Waals surface area contributed by atoms with Crippen LogP contribution in [0.3, 0.4) is 0 Å². The van der Waals surface area contributed by atoms with E-state index >= 15 is 0 Å². The van der Waals surface area contributed by atoms with Gasteiger partial charge < -0.3 is 20.7 Å². The Kier molecular flexibility index (Phi) is 5.65. The summed E-state index contributed by atoms with van der Waals surface area (Å²) in [5.74, 6) is 0.458. The lowest BCUT2D eigenvalue weighted by atomic mass is 10.0. The maximum absolute atomic E-state index is 11.5. The van der Waals surface area contributed by atoms with Crippen molar-refractivity contribution < 1.29 is 19.7 Å². The maximum Gasteiger partial charge on any atom is 0.267 e. The van der Waals surface area contributed by atoms with Crippen LogP contribution in [-0.2, 0) is 0 Å². The largest absolute Gasteiger partial charge is 0.457 e. The minimum absolute atomic E-state index is 0.000207. The molecule has 7 nitrogen and oxygen atoms in total. The first kappa shape index (κ1) is 19.0. The summed E-state index contributed by atoms with van der Waals surface area (Å²) in [5.41, 5.74) is 7.32. The molecule has 4 N–H and O–H groups in total. The van der Waals surface area contributed by atoms with Gasteiger partial charge in [0, 0.05) is 5.56 Å². The number of hydrogen-bond donors (Lipinski definition) is 3. The first-order chi connectivity index (χ1) is 13.5. The molecule has 0 saturated carbocycles. The molecule has 0 bridgehead atoms. The monoisotopic (exact) mass is 375 g/mol. The zero-order chi connectivity index (χ0) is 20.1. The third-order valence-electron chi connectivity index (χ3n) is 4.01. The molecule has 0 aliphatic rings. The summed E-state index contributed by atoms with van der Waals surface area (Å²) in [6.45, 7) is 6.47. The molecule has 7 heteroatoms. The minimum atomic E-state index is -1.14. The number of hydrogen-bond acceptors (Lipinski definition) is 5. The van der Waals surface area contributed by atoms with Crippen LogP contribution >= 0.6 is 0 Å². The number of aliphatic hydroxyl groups excluding tert-OH is 2. The predicted octanol–water partition coefficient (Wildman–Crippen LogP) is 3.22. The van der Waals surface area contributed by atoms with Crippen LogP contribution in [0.15, 0.2) is 60.7 Å². The molecular formula is C21H17N3O4. The van der Waals surface area contributed by atoms with Crippen molar-refractivity contribution in [3.63, 3.8) is 0 Å². The van der Waals surface area contributed by atoms with Crippen molar-refractivity contribution in [3.8, 4) is 22.8 Å². The van der Waals surface area contributed by atoms with E-state index in [2.05, 4.69) is 9.83 Å². The van der Waals surface area contributed by atoms with Crippen LogP contribution in [0.2, 0.25) is 0 Å². The van der Waals surface area contributed by atoms with Gasteiger partial charge in [-0.15, -0.1) is 0 Å². The highest BCUT2D eigenvalue weighted by Gasteiger charge is 2.14. The number of carbonyl (C=O) groups is 1. The number of nitrogens with zero attached hydrogens (tertiary/aromatic N) is 2. The number of benzene rings is 2. The summed E-state index contributed by atoms with van der Waals surface area (Å²) in [6, 6.07) is 16.7. The normalized spacial score (nSPS) is 11.5. The molecule has 140 valence electrons. The van der Waals surface area contributed by atoms with Crippen LogP contribution in [0, 0.1) is 6.57 Å². The number of primary amides is 1. The highest BCUT2D eigenvalue weighted by Crippen LogP contribution is 2.28. The molecule has 0 spiro atoms. The van der Waals surface area contributed by atoms with Gasteiger partial charge in [0.1, 0.15) is 23.3 Å². The van der Waals surface area contributed by atoms with Crippen molar-refractivity contribution in [1.82, 2.24) is 4.98 Å². The molecule has 1 heterocycles. The number of carbonyl (C=O) groups excluding carboxylic acids is 1. The van der Waals surface area contributed by atoms with Crippen LogP contribution in [0.25, 0.3) is 16.1 Å². The first-order valence-corrected chi connectivity index (χ1v) is 8.36. The zero-order valence-corrected chi connectivity index (χ0v) is 14.7. The van der Waals surface area contributed by atoms with E-state index < -0.39 is 18.6 Å². The minimum Gasteiger partial charge on any atom is -0.457 e. The van der Waals surface area contributed by atoms with Gasteiger partial charge in [0.05, 0.1) is 18.9 Å². The molecule has 0 saturated heterocycles. The van der Waals surface area contributed by atoms with Crippen molar-refractivity contribution in [2.45, 2.75) is 6.10 Å². The second kappa shape index (κ2) is 8.31. The molecule has 1 aromatic heterocycles. The second-order valence-electron chi connectivity index (χ2n) is 5.97. The molecule has 1 amide bonds. The van der Waals surface area contributed by atoms with Gasteiger partial charge in [-0.05, 0) is 54.1 Å². The van der Waals surface area contributed by atoms with Crippen molar-refractivity contribution in [2.24, 2.45) is 5.73 Å².